The molecule has 0 bridgehead atoms. The minimum atomic E-state index is 0. The molecule has 0 saturated carbocycles. The van der Waals surface area contributed by atoms with Gasteiger partial charge in [0, 0.05) is 62.6 Å². The van der Waals surface area contributed by atoms with Crippen molar-refractivity contribution >= 4 is 142 Å². The smallest absolute Gasteiger partial charge is 0.206 e. The summed E-state index contributed by atoms with van der Waals surface area (Å²) in [6.45, 7) is 3.62. The second-order valence-corrected chi connectivity index (χ2v) is 20.0. The number of hydrogen-bond donors (Lipinski definition) is 1. The zero-order chi connectivity index (χ0) is 49.4. The maximum absolute atomic E-state index is 11.9. The van der Waals surface area contributed by atoms with Crippen LogP contribution in [0.25, 0.3) is 28.3 Å². The lowest BCUT2D eigenvalue weighted by Gasteiger charge is -2.08. The van der Waals surface area contributed by atoms with Crippen LogP contribution in [0.3, 0.4) is 0 Å². The van der Waals surface area contributed by atoms with Gasteiger partial charge in [0.25, 0.3) is 0 Å². The molecule has 0 atom stereocenters. The molecule has 0 aliphatic rings. The van der Waals surface area contributed by atoms with Gasteiger partial charge in [-0.2, -0.15) is 4.57 Å². The van der Waals surface area contributed by atoms with E-state index in [1.54, 1.807) is 68.5 Å². The highest BCUT2D eigenvalue weighted by molar-refractivity contribution is 9.11. The molecule has 0 spiro atoms. The number of hydrogen-bond acceptors (Lipinski definition) is 5. The molecule has 8 rings (SSSR count). The number of phenols is 1. The van der Waals surface area contributed by atoms with Crippen LogP contribution < -0.4 is 4.57 Å². The molecule has 352 valence electrons. The average molecular weight is 1370 g/mol. The van der Waals surface area contributed by atoms with Crippen LogP contribution >= 0.6 is 113 Å². The number of carbonyl (C=O) groups excluding carboxylic acids is 4. The quantitative estimate of drug-likeness (QED) is 0.0673. The zero-order valence-corrected chi connectivity index (χ0v) is 48.3. The molecule has 69 heavy (non-hydrogen) atoms. The van der Waals surface area contributed by atoms with E-state index in [-0.39, 0.29) is 40.1 Å². The van der Waals surface area contributed by atoms with Crippen molar-refractivity contribution in [1.29, 1.82) is 0 Å². The molecule has 1 aromatic heterocycles. The van der Waals surface area contributed by atoms with Crippen molar-refractivity contribution in [3.05, 3.63) is 250 Å². The number of phenolic OH excluding ortho intramolecular Hbond substituents is 1. The van der Waals surface area contributed by atoms with E-state index in [9.17, 15) is 24.3 Å². The van der Waals surface area contributed by atoms with Crippen LogP contribution in [-0.4, -0.2) is 28.7 Å². The lowest BCUT2D eigenvalue weighted by molar-refractivity contribution is -0.684. The van der Waals surface area contributed by atoms with Gasteiger partial charge in [-0.3, -0.25) is 19.2 Å². The minimum Gasteiger partial charge on any atom is -0.508 e. The monoisotopic (exact) mass is 1360 g/mol. The molecule has 6 nitrogen and oxygen atoms in total. The Bertz CT molecular complexity index is 2810. The van der Waals surface area contributed by atoms with Crippen LogP contribution in [0.2, 0.25) is 0 Å². The summed E-state index contributed by atoms with van der Waals surface area (Å²) < 4.78 is 7.92. The van der Waals surface area contributed by atoms with E-state index < -0.39 is 0 Å². The van der Waals surface area contributed by atoms with Crippen LogP contribution in [0, 0.1) is 0 Å². The van der Waals surface area contributed by atoms with Crippen molar-refractivity contribution in [1.82, 2.24) is 0 Å². The Balaban J connectivity index is 0.000000238. The Kier molecular flexibility index (Phi) is 26.7. The van der Waals surface area contributed by atoms with Crippen LogP contribution in [-0.2, 0) is 11.3 Å². The summed E-state index contributed by atoms with van der Waals surface area (Å²) in [7, 11) is 0. The second-order valence-electron chi connectivity index (χ2n) is 14.5. The molecule has 0 fully saturated rings. The standard InChI is InChI=1S/C18H12Br2O.C15H10Br2O.C8H7BrO.C8H10NO.C7H5BrO.BrH/c19-16-5-1-12(2-6-16)14-9-15(11-18(21)10-14)13-3-7-17(20)8-4-13;16-13-6-1-11(2-7-13)3-10-15(18)12-4-8-14(17)9-5-12;1-6(10)7-2-4-8(9)5-3-7;1-8(10)7-9-5-3-2-4-6-9;8-7-3-1-6(5-9)2-4-7;/h1-11,21H;1-10H;2-5H,1H3;2-6H,7H2,1H3;1-5H;1H/q;;;+1;;/b;10-3+;;;;. The third-order valence-electron chi connectivity index (χ3n) is 9.14. The molecule has 8 aromatic rings. The van der Waals surface area contributed by atoms with Gasteiger partial charge in [-0.1, -0.05) is 168 Å². The first-order valence-electron chi connectivity index (χ1n) is 20.6. The van der Waals surface area contributed by atoms with Gasteiger partial charge in [0.15, 0.2) is 29.7 Å². The van der Waals surface area contributed by atoms with E-state index in [1.165, 1.54) is 0 Å². The number of benzene rings is 7. The summed E-state index contributed by atoms with van der Waals surface area (Å²) >= 11 is 20.1. The van der Waals surface area contributed by atoms with Crippen molar-refractivity contribution in [3.8, 4) is 28.0 Å². The Labute approximate surface area is 464 Å². The van der Waals surface area contributed by atoms with E-state index >= 15 is 0 Å². The molecular weight excluding hydrogens is 1330 g/mol. The van der Waals surface area contributed by atoms with Crippen molar-refractivity contribution in [2.45, 2.75) is 20.4 Å². The van der Waals surface area contributed by atoms with Gasteiger partial charge in [0.05, 0.1) is 0 Å². The van der Waals surface area contributed by atoms with Crippen LogP contribution in [0.15, 0.2) is 227 Å². The molecule has 0 unspecified atom stereocenters. The maximum atomic E-state index is 11.9. The lowest BCUT2D eigenvalue weighted by atomic mass is 9.98. The normalized spacial score (nSPS) is 9.91. The number of nitrogens with zero attached hydrogens (tertiary/aromatic N) is 1. The zero-order valence-electron chi connectivity index (χ0n) is 37.1. The predicted molar refractivity (Wildman–Crippen MR) is 307 cm³/mol. The number of halogens is 7. The summed E-state index contributed by atoms with van der Waals surface area (Å²) in [6.07, 6.45) is 7.98. The number of aromatic hydroxyl groups is 1. The van der Waals surface area contributed by atoms with Crippen LogP contribution in [0.1, 0.15) is 50.5 Å². The largest absolute Gasteiger partial charge is 0.508 e. The molecule has 0 radical (unpaired) electrons. The second kappa shape index (κ2) is 31.5. The summed E-state index contributed by atoms with van der Waals surface area (Å²) in [4.78, 5) is 43.3. The van der Waals surface area contributed by atoms with Gasteiger partial charge in [-0.15, -0.1) is 17.0 Å². The van der Waals surface area contributed by atoms with Crippen LogP contribution in [0.5, 0.6) is 5.75 Å². The fourth-order valence-electron chi connectivity index (χ4n) is 5.71. The number of allylic oxidation sites excluding steroid dienone is 1. The molecule has 7 aromatic carbocycles. The summed E-state index contributed by atoms with van der Waals surface area (Å²) in [5.41, 5.74) is 7.30. The van der Waals surface area contributed by atoms with Gasteiger partial charge in [-0.25, -0.2) is 0 Å². The number of ketones is 3. The molecule has 0 aliphatic carbocycles. The molecule has 13 heteroatoms. The summed E-state index contributed by atoms with van der Waals surface area (Å²) in [5, 5.41) is 10.0. The van der Waals surface area contributed by atoms with E-state index in [2.05, 4.69) is 102 Å². The first-order chi connectivity index (χ1) is 32.6. The summed E-state index contributed by atoms with van der Waals surface area (Å²) in [6, 6.07) is 57.2. The molecular formula is C56H45Br7NO5+. The van der Waals surface area contributed by atoms with Crippen molar-refractivity contribution in [3.63, 3.8) is 0 Å². The van der Waals surface area contributed by atoms with E-state index in [1.807, 2.05) is 150 Å². The predicted octanol–water partition coefficient (Wildman–Crippen LogP) is 17.4. The Morgan fingerprint density at radius 3 is 1.22 bits per heavy atom. The topological polar surface area (TPSA) is 92.4 Å². The highest BCUT2D eigenvalue weighted by Gasteiger charge is 2.06. The first kappa shape index (κ1) is 58.6. The SMILES string of the molecule is Br.CC(=O)C[n+]1ccccc1.CC(=O)c1ccc(Br)cc1.O=C(/C=C/c1ccc(Br)cc1)c1ccc(Br)cc1.O=Cc1ccc(Br)cc1.Oc1cc(-c2ccc(Br)cc2)cc(-c2ccc(Br)cc2)c1. The minimum absolute atomic E-state index is 0. The number of carbonyl (C=O) groups is 4. The van der Waals surface area contributed by atoms with Gasteiger partial charge in [0.1, 0.15) is 12.0 Å². The highest BCUT2D eigenvalue weighted by atomic mass is 79.9. The average Bonchev–Trinajstić information content (AvgIpc) is 3.33. The summed E-state index contributed by atoms with van der Waals surface area (Å²) in [5.74, 6) is 0.558. The molecule has 0 aliphatic heterocycles. The third-order valence-corrected chi connectivity index (χ3v) is 12.3. The Morgan fingerprint density at radius 2 is 0.841 bits per heavy atom. The number of aldehydes is 1. The number of rotatable bonds is 9. The number of Topliss-reactive ketones (excluding diaryl/α,β-unsaturated/α-hetero) is 2. The highest BCUT2D eigenvalue weighted by Crippen LogP contribution is 2.32. The van der Waals surface area contributed by atoms with Crippen molar-refractivity contribution in [2.75, 3.05) is 0 Å². The number of pyridine rings is 1. The fourth-order valence-corrected chi connectivity index (χ4v) is 7.29. The van der Waals surface area contributed by atoms with Crippen molar-refractivity contribution in [2.24, 2.45) is 0 Å². The number of aromatic nitrogens is 1. The third kappa shape index (κ3) is 22.7. The Hall–Kier alpha value is -4.73. The van der Waals surface area contributed by atoms with Gasteiger partial charge >= 0.3 is 0 Å². The van der Waals surface area contributed by atoms with Crippen molar-refractivity contribution < 1.29 is 28.9 Å². The Morgan fingerprint density at radius 1 is 0.478 bits per heavy atom. The van der Waals surface area contributed by atoms with Gasteiger partial charge < -0.3 is 5.11 Å². The molecule has 0 saturated heterocycles. The first-order valence-corrected chi connectivity index (χ1v) is 25.3. The molecule has 1 heterocycles. The van der Waals surface area contributed by atoms with Gasteiger partial charge in [-0.05, 0) is 144 Å². The van der Waals surface area contributed by atoms with E-state index in [0.717, 1.165) is 66.5 Å². The molecule has 1 N–H and O–H groups in total. The lowest BCUT2D eigenvalue weighted by Crippen LogP contribution is -2.35. The molecule has 0 amide bonds. The fraction of sp³-hybridized carbons (Fsp3) is 0.0536. The van der Waals surface area contributed by atoms with E-state index in [4.69, 9.17) is 0 Å². The van der Waals surface area contributed by atoms with E-state index in [0.29, 0.717) is 17.7 Å². The maximum Gasteiger partial charge on any atom is 0.206 e. The van der Waals surface area contributed by atoms with Gasteiger partial charge in [0.2, 0.25) is 6.54 Å². The van der Waals surface area contributed by atoms with Crippen LogP contribution in [0.4, 0.5) is 0 Å².